The average molecular weight is 922 g/mol. The fourth-order valence-electron chi connectivity index (χ4n) is 7.13. The lowest BCUT2D eigenvalue weighted by Crippen LogP contribution is -2.15. The van der Waals surface area contributed by atoms with E-state index < -0.39 is 0 Å². The first kappa shape index (κ1) is 60.2. The number of unbranched alkanes of at least 4 members (excludes halogenated alkanes) is 18. The van der Waals surface area contributed by atoms with Crippen molar-refractivity contribution in [3.05, 3.63) is 72.4 Å². The third-order valence-electron chi connectivity index (χ3n) is 11.2. The minimum absolute atomic E-state index is 0.0871. The predicted octanol–water partition coefficient (Wildman–Crippen LogP) is 15.1. The van der Waals surface area contributed by atoms with Gasteiger partial charge >= 0.3 is 17.9 Å². The second-order valence-corrected chi connectivity index (χ2v) is 17.9. The maximum absolute atomic E-state index is 12.5. The topological polar surface area (TPSA) is 101 Å². The molecule has 66 heavy (non-hydrogen) atoms. The summed E-state index contributed by atoms with van der Waals surface area (Å²) < 4.78 is 28.7. The van der Waals surface area contributed by atoms with Crippen molar-refractivity contribution in [1.82, 2.24) is 4.90 Å². The molecule has 0 bridgehead atoms. The van der Waals surface area contributed by atoms with Crippen molar-refractivity contribution in [2.45, 2.75) is 213 Å². The highest BCUT2D eigenvalue weighted by molar-refractivity contribution is 5.70. The fourth-order valence-corrected chi connectivity index (χ4v) is 7.13. The van der Waals surface area contributed by atoms with E-state index in [1.54, 1.807) is 0 Å². The normalized spacial score (nSPS) is 11.8. The van der Waals surface area contributed by atoms with Crippen LogP contribution in [0.4, 0.5) is 0 Å². The van der Waals surface area contributed by atoms with Gasteiger partial charge in [-0.05, 0) is 148 Å². The number of rotatable bonds is 46. The zero-order valence-electron chi connectivity index (χ0n) is 42.5. The quantitative estimate of drug-likeness (QED) is 0.0274. The van der Waals surface area contributed by atoms with E-state index in [4.69, 9.17) is 23.7 Å². The molecule has 0 N–H and O–H groups in total. The van der Waals surface area contributed by atoms with Gasteiger partial charge in [-0.2, -0.15) is 0 Å². The maximum atomic E-state index is 12.5. The first-order valence-electron chi connectivity index (χ1n) is 26.5. The Kier molecular flexibility index (Phi) is 42.2. The number of hydrogen-bond donors (Lipinski definition) is 0. The molecule has 0 atom stereocenters. The Morgan fingerprint density at radius 1 is 0.455 bits per heavy atom. The van der Waals surface area contributed by atoms with Crippen molar-refractivity contribution in [3.8, 4) is 11.5 Å². The molecule has 376 valence electrons. The Balaban J connectivity index is 2.27. The molecule has 0 spiro atoms. The van der Waals surface area contributed by atoms with E-state index in [0.717, 1.165) is 102 Å². The molecule has 0 heterocycles. The van der Waals surface area contributed by atoms with Crippen LogP contribution in [0.15, 0.2) is 66.8 Å². The monoisotopic (exact) mass is 922 g/mol. The van der Waals surface area contributed by atoms with Gasteiger partial charge in [-0.25, -0.2) is 0 Å². The number of allylic oxidation sites excluding steroid dienone is 8. The fraction of sp³-hybridized carbons (Fsp3) is 0.702. The smallest absolute Gasteiger partial charge is 0.306 e. The Morgan fingerprint density at radius 2 is 0.879 bits per heavy atom. The second kappa shape index (κ2) is 46.3. The summed E-state index contributed by atoms with van der Waals surface area (Å²) in [6, 6.07) is 5.57. The van der Waals surface area contributed by atoms with Crippen LogP contribution in [0.3, 0.4) is 0 Å². The summed E-state index contributed by atoms with van der Waals surface area (Å²) in [5.41, 5.74) is 0.736. The minimum Gasteiger partial charge on any atom is -0.494 e. The lowest BCUT2D eigenvalue weighted by molar-refractivity contribution is -0.145. The van der Waals surface area contributed by atoms with Crippen molar-refractivity contribution in [2.75, 3.05) is 47.1 Å². The first-order valence-corrected chi connectivity index (χ1v) is 26.5. The van der Waals surface area contributed by atoms with Crippen molar-refractivity contribution < 1.29 is 38.1 Å². The van der Waals surface area contributed by atoms with Crippen LogP contribution in [0.2, 0.25) is 0 Å². The summed E-state index contributed by atoms with van der Waals surface area (Å²) in [7, 11) is 3.96. The van der Waals surface area contributed by atoms with Crippen LogP contribution >= 0.6 is 0 Å². The Labute approximate surface area is 403 Å². The van der Waals surface area contributed by atoms with E-state index in [-0.39, 0.29) is 24.5 Å². The molecular formula is C57H95NO8. The second-order valence-electron chi connectivity index (χ2n) is 17.9. The number of benzene rings is 1. The summed E-state index contributed by atoms with van der Waals surface area (Å²) in [6.45, 7) is 7.06. The molecular weight excluding hydrogens is 827 g/mol. The molecule has 1 rings (SSSR count). The maximum Gasteiger partial charge on any atom is 0.306 e. The summed E-state index contributed by atoms with van der Waals surface area (Å²) in [5.74, 6) is 0.798. The van der Waals surface area contributed by atoms with Crippen molar-refractivity contribution in [2.24, 2.45) is 0 Å². The van der Waals surface area contributed by atoms with Gasteiger partial charge in [0, 0.05) is 24.8 Å². The van der Waals surface area contributed by atoms with Crippen LogP contribution in [-0.2, 0) is 35.2 Å². The number of hydrogen-bond acceptors (Lipinski definition) is 9. The number of carbonyl (C=O) groups is 3. The zero-order valence-corrected chi connectivity index (χ0v) is 42.5. The summed E-state index contributed by atoms with van der Waals surface area (Å²) in [6.07, 6.45) is 48.6. The largest absolute Gasteiger partial charge is 0.494 e. The molecule has 9 heteroatoms. The van der Waals surface area contributed by atoms with Gasteiger partial charge in [0.1, 0.15) is 18.1 Å². The highest BCUT2D eigenvalue weighted by atomic mass is 16.5. The van der Waals surface area contributed by atoms with Crippen LogP contribution in [0.1, 0.15) is 212 Å². The van der Waals surface area contributed by atoms with Gasteiger partial charge in [0.25, 0.3) is 0 Å². The molecule has 0 saturated heterocycles. The molecule has 0 aliphatic heterocycles. The number of esters is 3. The highest BCUT2D eigenvalue weighted by Gasteiger charge is 2.12. The number of ether oxygens (including phenoxy) is 5. The summed E-state index contributed by atoms with van der Waals surface area (Å²) in [5, 5.41) is 0. The average Bonchev–Trinajstić information content (AvgIpc) is 3.30. The molecule has 0 aliphatic carbocycles. The van der Waals surface area contributed by atoms with Crippen molar-refractivity contribution >= 4 is 17.9 Å². The lowest BCUT2D eigenvalue weighted by Gasteiger charge is -2.15. The lowest BCUT2D eigenvalue weighted by atomic mass is 10.1. The van der Waals surface area contributed by atoms with Gasteiger partial charge in [0.2, 0.25) is 0 Å². The van der Waals surface area contributed by atoms with Gasteiger partial charge in [0.15, 0.2) is 0 Å². The van der Waals surface area contributed by atoms with Crippen LogP contribution in [-0.4, -0.2) is 69.9 Å². The van der Waals surface area contributed by atoms with E-state index >= 15 is 0 Å². The van der Waals surface area contributed by atoms with E-state index in [0.29, 0.717) is 63.6 Å². The van der Waals surface area contributed by atoms with Crippen molar-refractivity contribution in [3.63, 3.8) is 0 Å². The van der Waals surface area contributed by atoms with Crippen LogP contribution in [0.25, 0.3) is 0 Å². The van der Waals surface area contributed by atoms with Gasteiger partial charge in [-0.3, -0.25) is 14.4 Å². The van der Waals surface area contributed by atoms with Gasteiger partial charge in [-0.1, -0.05) is 127 Å². The third kappa shape index (κ3) is 40.4. The van der Waals surface area contributed by atoms with Crippen molar-refractivity contribution in [1.29, 1.82) is 0 Å². The van der Waals surface area contributed by atoms with E-state index in [1.165, 1.54) is 77.0 Å². The molecule has 0 aliphatic rings. The highest BCUT2D eigenvalue weighted by Crippen LogP contribution is 2.26. The molecule has 9 nitrogen and oxygen atoms in total. The SMILES string of the molecule is CCCCCC=CCC=CCCCCCCCC(=O)OCCCCOc1ccc(OCCCCOC(=O)CCCCCCC/C=C\CC=CCCCCC)cc1COC(=O)CCCN(C)C. The first-order chi connectivity index (χ1) is 32.3. The van der Waals surface area contributed by atoms with Gasteiger partial charge in [-0.15, -0.1) is 0 Å². The van der Waals surface area contributed by atoms with Crippen LogP contribution in [0, 0.1) is 0 Å². The number of carbonyl (C=O) groups excluding carboxylic acids is 3. The summed E-state index contributed by atoms with van der Waals surface area (Å²) >= 11 is 0. The molecule has 1 aromatic rings. The van der Waals surface area contributed by atoms with E-state index in [2.05, 4.69) is 62.5 Å². The van der Waals surface area contributed by atoms with E-state index in [1.807, 2.05) is 37.2 Å². The molecule has 0 unspecified atom stereocenters. The molecule has 0 amide bonds. The predicted molar refractivity (Wildman–Crippen MR) is 274 cm³/mol. The standard InChI is InChI=1S/C57H95NO8/c1-5-7-9-11-13-15-17-19-21-23-25-27-29-31-33-40-55(59)64-48-37-35-46-62-53-43-44-54(52(50-53)51-66-57(61)42-39-45-58(3)4)63-47-36-38-49-65-56(60)41-34-32-30-28-26-24-22-20-18-16-14-12-10-8-6-2/h13-16,19-22,43-44,50H,5-12,17-18,23-42,45-49,51H2,1-4H3/b15-13?,16-14?,21-19-,22-20?. The molecule has 0 aromatic heterocycles. The molecule has 0 fully saturated rings. The molecule has 0 saturated carbocycles. The number of nitrogens with zero attached hydrogens (tertiary/aromatic N) is 1. The van der Waals surface area contributed by atoms with Gasteiger partial charge < -0.3 is 28.6 Å². The van der Waals surface area contributed by atoms with E-state index in [9.17, 15) is 14.4 Å². The molecule has 0 radical (unpaired) electrons. The minimum atomic E-state index is -0.249. The third-order valence-corrected chi connectivity index (χ3v) is 11.2. The Bertz CT molecular complexity index is 1430. The zero-order chi connectivity index (χ0) is 47.8. The Hall–Kier alpha value is -3.85. The summed E-state index contributed by atoms with van der Waals surface area (Å²) in [4.78, 5) is 39.0. The van der Waals surface area contributed by atoms with Crippen LogP contribution in [0.5, 0.6) is 11.5 Å². The van der Waals surface area contributed by atoms with Crippen LogP contribution < -0.4 is 9.47 Å². The Morgan fingerprint density at radius 3 is 1.38 bits per heavy atom. The molecule has 1 aromatic carbocycles. The van der Waals surface area contributed by atoms with Gasteiger partial charge in [0.05, 0.1) is 26.4 Å².